The molecule has 1 aromatic heterocycles. The van der Waals surface area contributed by atoms with E-state index >= 15 is 0 Å². The largest absolute Gasteiger partial charge is 0.341 e. The number of benzene rings is 1. The van der Waals surface area contributed by atoms with Gasteiger partial charge in [0.1, 0.15) is 5.92 Å². The van der Waals surface area contributed by atoms with Crippen LogP contribution < -0.4 is 4.90 Å². The van der Waals surface area contributed by atoms with Gasteiger partial charge in [0.2, 0.25) is 5.95 Å². The predicted octanol–water partition coefficient (Wildman–Crippen LogP) is 3.36. The standard InChI is InChI=1S/C18H19ClN6OS/c1-12(21)15(10-20)16(26)11-27-18-23-22-17(24-7-2-3-8-24)25(18)14-6-4-5-13(19)9-14/h4-6,9,15,21H,2-3,7-8,11H2,1H3. The first-order valence-corrected chi connectivity index (χ1v) is 9.94. The lowest BCUT2D eigenvalue weighted by Gasteiger charge is -2.18. The quantitative estimate of drug-likeness (QED) is 0.563. The van der Waals surface area contributed by atoms with Crippen molar-refractivity contribution in [3.63, 3.8) is 0 Å². The molecule has 140 valence electrons. The molecule has 1 aromatic carbocycles. The van der Waals surface area contributed by atoms with Crippen LogP contribution in [-0.2, 0) is 4.79 Å². The molecule has 1 aliphatic heterocycles. The Bertz CT molecular complexity index is 899. The van der Waals surface area contributed by atoms with E-state index in [-0.39, 0.29) is 17.2 Å². The molecule has 1 unspecified atom stereocenters. The van der Waals surface area contributed by atoms with E-state index in [1.165, 1.54) is 18.7 Å². The monoisotopic (exact) mass is 402 g/mol. The number of rotatable bonds is 7. The second-order valence-corrected chi connectivity index (χ2v) is 7.67. The maximum absolute atomic E-state index is 12.3. The van der Waals surface area contributed by atoms with Gasteiger partial charge in [-0.15, -0.1) is 10.2 Å². The minimum absolute atomic E-state index is 0.0488. The van der Waals surface area contributed by atoms with Gasteiger partial charge in [-0.1, -0.05) is 29.4 Å². The number of thioether (sulfide) groups is 1. The fraction of sp³-hybridized carbons (Fsp3) is 0.389. The van der Waals surface area contributed by atoms with E-state index in [0.29, 0.717) is 10.2 Å². The van der Waals surface area contributed by atoms with E-state index in [0.717, 1.165) is 37.6 Å². The molecular weight excluding hydrogens is 384 g/mol. The first kappa shape index (κ1) is 19.4. The molecular formula is C18H19ClN6OS. The Hall–Kier alpha value is -2.37. The highest BCUT2D eigenvalue weighted by Gasteiger charge is 2.25. The molecule has 1 fully saturated rings. The van der Waals surface area contributed by atoms with Gasteiger partial charge in [0, 0.05) is 23.8 Å². The van der Waals surface area contributed by atoms with Gasteiger partial charge in [-0.05, 0) is 38.0 Å². The highest BCUT2D eigenvalue weighted by Crippen LogP contribution is 2.30. The zero-order chi connectivity index (χ0) is 19.4. The number of ketones is 1. The molecule has 2 aromatic rings. The Labute approximate surface area is 166 Å². The average Bonchev–Trinajstić information content (AvgIpc) is 3.29. The minimum Gasteiger partial charge on any atom is -0.341 e. The third kappa shape index (κ3) is 4.31. The molecule has 1 saturated heterocycles. The summed E-state index contributed by atoms with van der Waals surface area (Å²) >= 11 is 7.38. The van der Waals surface area contributed by atoms with Gasteiger partial charge in [-0.25, -0.2) is 0 Å². The fourth-order valence-electron chi connectivity index (χ4n) is 2.95. The Morgan fingerprint density at radius 2 is 2.15 bits per heavy atom. The molecule has 1 aliphatic rings. The summed E-state index contributed by atoms with van der Waals surface area (Å²) in [5, 5.41) is 26.4. The van der Waals surface area contributed by atoms with Crippen LogP contribution in [-0.4, -0.2) is 45.1 Å². The maximum atomic E-state index is 12.3. The summed E-state index contributed by atoms with van der Waals surface area (Å²) in [5.74, 6) is -0.547. The van der Waals surface area contributed by atoms with Crippen molar-refractivity contribution in [2.45, 2.75) is 24.9 Å². The van der Waals surface area contributed by atoms with Gasteiger partial charge in [0.25, 0.3) is 0 Å². The van der Waals surface area contributed by atoms with Crippen LogP contribution in [0.15, 0.2) is 29.4 Å². The van der Waals surface area contributed by atoms with Crippen molar-refractivity contribution in [3.05, 3.63) is 29.3 Å². The van der Waals surface area contributed by atoms with Crippen LogP contribution in [0.4, 0.5) is 5.95 Å². The first-order chi connectivity index (χ1) is 13.0. The predicted molar refractivity (Wildman–Crippen MR) is 106 cm³/mol. The third-order valence-electron chi connectivity index (χ3n) is 4.30. The molecule has 27 heavy (non-hydrogen) atoms. The number of carbonyl (C=O) groups is 1. The van der Waals surface area contributed by atoms with E-state index in [2.05, 4.69) is 15.1 Å². The van der Waals surface area contributed by atoms with Crippen LogP contribution in [0.25, 0.3) is 5.69 Å². The van der Waals surface area contributed by atoms with E-state index < -0.39 is 5.92 Å². The smallest absolute Gasteiger partial charge is 0.232 e. The Balaban J connectivity index is 1.90. The summed E-state index contributed by atoms with van der Waals surface area (Å²) in [5.41, 5.74) is 0.876. The van der Waals surface area contributed by atoms with Gasteiger partial charge >= 0.3 is 0 Å². The summed E-state index contributed by atoms with van der Waals surface area (Å²) in [4.78, 5) is 14.4. The molecule has 0 amide bonds. The fourth-order valence-corrected chi connectivity index (χ4v) is 3.99. The molecule has 3 rings (SSSR count). The second kappa shape index (κ2) is 8.55. The van der Waals surface area contributed by atoms with Crippen LogP contribution in [0.1, 0.15) is 19.8 Å². The van der Waals surface area contributed by atoms with E-state index in [4.69, 9.17) is 22.3 Å². The topological polar surface area (TPSA) is 98.7 Å². The number of Topliss-reactive ketones (excluding diaryl/α,β-unsaturated/α-hetero) is 1. The number of hydrogen-bond donors (Lipinski definition) is 1. The molecule has 1 N–H and O–H groups in total. The van der Waals surface area contributed by atoms with Gasteiger partial charge < -0.3 is 10.3 Å². The molecule has 7 nitrogen and oxygen atoms in total. The SMILES string of the molecule is CC(=N)C(C#N)C(=O)CSc1nnc(N2CCCC2)n1-c1cccc(Cl)c1. The molecule has 2 heterocycles. The molecule has 1 atom stereocenters. The van der Waals surface area contributed by atoms with Crippen LogP contribution in [0.2, 0.25) is 5.02 Å². The number of nitrogens with zero attached hydrogens (tertiary/aromatic N) is 5. The number of halogens is 1. The minimum atomic E-state index is -1.02. The Kier molecular flexibility index (Phi) is 6.14. The van der Waals surface area contributed by atoms with Crippen LogP contribution in [0, 0.1) is 22.7 Å². The molecule has 0 saturated carbocycles. The zero-order valence-electron chi connectivity index (χ0n) is 14.9. The normalized spacial score (nSPS) is 14.8. The summed E-state index contributed by atoms with van der Waals surface area (Å²) in [6.07, 6.45) is 2.21. The number of anilines is 1. The van der Waals surface area contributed by atoms with Gasteiger partial charge in [0.05, 0.1) is 17.5 Å². The van der Waals surface area contributed by atoms with E-state index in [9.17, 15) is 4.79 Å². The van der Waals surface area contributed by atoms with Crippen molar-refractivity contribution in [3.8, 4) is 11.8 Å². The Morgan fingerprint density at radius 3 is 2.78 bits per heavy atom. The number of carbonyl (C=O) groups excluding carboxylic acids is 1. The molecule has 0 aliphatic carbocycles. The van der Waals surface area contributed by atoms with Gasteiger partial charge in [-0.2, -0.15) is 5.26 Å². The summed E-state index contributed by atoms with van der Waals surface area (Å²) in [7, 11) is 0. The van der Waals surface area contributed by atoms with Crippen molar-refractivity contribution in [1.29, 1.82) is 10.7 Å². The van der Waals surface area contributed by atoms with Crippen molar-refractivity contribution in [1.82, 2.24) is 14.8 Å². The first-order valence-electron chi connectivity index (χ1n) is 8.57. The maximum Gasteiger partial charge on any atom is 0.232 e. The summed E-state index contributed by atoms with van der Waals surface area (Å²) in [6.45, 7) is 3.29. The van der Waals surface area contributed by atoms with Crippen LogP contribution >= 0.6 is 23.4 Å². The zero-order valence-corrected chi connectivity index (χ0v) is 16.4. The van der Waals surface area contributed by atoms with E-state index in [1.807, 2.05) is 28.8 Å². The molecule has 0 radical (unpaired) electrons. The Morgan fingerprint density at radius 1 is 1.41 bits per heavy atom. The molecule has 0 bridgehead atoms. The van der Waals surface area contributed by atoms with Crippen molar-refractivity contribution < 1.29 is 4.79 Å². The number of hydrogen-bond acceptors (Lipinski definition) is 7. The van der Waals surface area contributed by atoms with Gasteiger partial charge in [0.15, 0.2) is 10.9 Å². The number of nitrogens with one attached hydrogen (secondary N) is 1. The highest BCUT2D eigenvalue weighted by atomic mass is 35.5. The lowest BCUT2D eigenvalue weighted by atomic mass is 10.0. The lowest BCUT2D eigenvalue weighted by molar-refractivity contribution is -0.117. The highest BCUT2D eigenvalue weighted by molar-refractivity contribution is 7.99. The average molecular weight is 403 g/mol. The van der Waals surface area contributed by atoms with E-state index in [1.54, 1.807) is 6.07 Å². The number of nitriles is 1. The van der Waals surface area contributed by atoms with Crippen LogP contribution in [0.5, 0.6) is 0 Å². The number of aromatic nitrogens is 3. The van der Waals surface area contributed by atoms with Gasteiger partial charge in [-0.3, -0.25) is 9.36 Å². The summed E-state index contributed by atoms with van der Waals surface area (Å²) in [6, 6.07) is 9.29. The summed E-state index contributed by atoms with van der Waals surface area (Å²) < 4.78 is 1.90. The second-order valence-electron chi connectivity index (χ2n) is 6.29. The van der Waals surface area contributed by atoms with Crippen molar-refractivity contribution in [2.24, 2.45) is 5.92 Å². The van der Waals surface area contributed by atoms with Crippen molar-refractivity contribution in [2.75, 3.05) is 23.7 Å². The lowest BCUT2D eigenvalue weighted by Crippen LogP contribution is -2.23. The van der Waals surface area contributed by atoms with Crippen LogP contribution in [0.3, 0.4) is 0 Å². The molecule has 0 spiro atoms. The third-order valence-corrected chi connectivity index (χ3v) is 5.49. The van der Waals surface area contributed by atoms with Crippen molar-refractivity contribution >= 4 is 40.8 Å². The molecule has 9 heteroatoms.